The molecule has 1 N–H and O–H groups in total. The van der Waals surface area contributed by atoms with Crippen LogP contribution in [-0.4, -0.2) is 11.6 Å². The van der Waals surface area contributed by atoms with Crippen LogP contribution in [0.25, 0.3) is 0 Å². The van der Waals surface area contributed by atoms with Gasteiger partial charge in [0.25, 0.3) is 5.91 Å². The summed E-state index contributed by atoms with van der Waals surface area (Å²) >= 11 is 6.00. The van der Waals surface area contributed by atoms with Gasteiger partial charge in [-0.05, 0) is 43.7 Å². The lowest BCUT2D eigenvalue weighted by Gasteiger charge is -2.29. The number of allylic oxidation sites excluding steroid dienone is 1. The first kappa shape index (κ1) is 17.9. The van der Waals surface area contributed by atoms with E-state index in [0.717, 1.165) is 5.56 Å². The lowest BCUT2D eigenvalue weighted by atomic mass is 9.76. The molecule has 26 heavy (non-hydrogen) atoms. The maximum atomic E-state index is 13.0. The molecule has 1 aliphatic heterocycles. The van der Waals surface area contributed by atoms with Crippen molar-refractivity contribution in [3.05, 3.63) is 76.5 Å². The Morgan fingerprint density at radius 3 is 2.38 bits per heavy atom. The van der Waals surface area contributed by atoms with Gasteiger partial charge in [0.05, 0.1) is 12.0 Å². The first-order chi connectivity index (χ1) is 12.5. The van der Waals surface area contributed by atoms with Crippen molar-refractivity contribution < 1.29 is 4.79 Å². The highest BCUT2D eigenvalue weighted by Gasteiger charge is 2.36. The summed E-state index contributed by atoms with van der Waals surface area (Å²) in [5.41, 5.74) is 3.41. The number of para-hydroxylation sites is 1. The number of aliphatic imine (C=N–C) groups is 1. The van der Waals surface area contributed by atoms with E-state index >= 15 is 0 Å². The minimum atomic E-state index is -0.503. The molecular weight excluding hydrogens is 346 g/mol. The van der Waals surface area contributed by atoms with Gasteiger partial charge in [-0.2, -0.15) is 5.26 Å². The predicted molar refractivity (Wildman–Crippen MR) is 104 cm³/mol. The fourth-order valence-electron chi connectivity index (χ4n) is 3.25. The zero-order valence-corrected chi connectivity index (χ0v) is 15.3. The Balaban J connectivity index is 2.05. The number of benzene rings is 2. The van der Waals surface area contributed by atoms with Crippen molar-refractivity contribution in [2.24, 2.45) is 10.9 Å². The van der Waals surface area contributed by atoms with E-state index in [4.69, 9.17) is 11.6 Å². The molecule has 2 atom stereocenters. The molecule has 0 aliphatic carbocycles. The summed E-state index contributed by atoms with van der Waals surface area (Å²) in [5, 5.41) is 13.2. The fourth-order valence-corrected chi connectivity index (χ4v) is 3.38. The molecule has 0 aromatic heterocycles. The topological polar surface area (TPSA) is 65.2 Å². The third-order valence-corrected chi connectivity index (χ3v) is 4.72. The van der Waals surface area contributed by atoms with Crippen LogP contribution in [0.5, 0.6) is 0 Å². The number of halogens is 1. The first-order valence-corrected chi connectivity index (χ1v) is 8.66. The molecule has 0 saturated carbocycles. The minimum Gasteiger partial charge on any atom is -0.322 e. The van der Waals surface area contributed by atoms with Crippen LogP contribution in [0.2, 0.25) is 5.02 Å². The van der Waals surface area contributed by atoms with Crippen LogP contribution in [0.1, 0.15) is 25.3 Å². The highest BCUT2D eigenvalue weighted by Crippen LogP contribution is 2.39. The average molecular weight is 364 g/mol. The van der Waals surface area contributed by atoms with Crippen molar-refractivity contribution in [2.45, 2.75) is 19.8 Å². The summed E-state index contributed by atoms with van der Waals surface area (Å²) in [5.74, 6) is -1.14. The Morgan fingerprint density at radius 1 is 1.12 bits per heavy atom. The molecule has 0 fully saturated rings. The van der Waals surface area contributed by atoms with Gasteiger partial charge in [-0.15, -0.1) is 0 Å². The Labute approximate surface area is 157 Å². The second kappa shape index (κ2) is 7.55. The monoisotopic (exact) mass is 363 g/mol. The first-order valence-electron chi connectivity index (χ1n) is 8.28. The van der Waals surface area contributed by atoms with Crippen molar-refractivity contribution in [1.82, 2.24) is 0 Å². The van der Waals surface area contributed by atoms with E-state index in [9.17, 15) is 10.1 Å². The largest absolute Gasteiger partial charge is 0.322 e. The van der Waals surface area contributed by atoms with Gasteiger partial charge in [-0.1, -0.05) is 41.9 Å². The quantitative estimate of drug-likeness (QED) is 0.838. The highest BCUT2D eigenvalue weighted by atomic mass is 35.5. The van der Waals surface area contributed by atoms with Gasteiger partial charge in [0, 0.05) is 33.6 Å². The van der Waals surface area contributed by atoms with E-state index in [2.05, 4.69) is 16.4 Å². The van der Waals surface area contributed by atoms with Gasteiger partial charge in [0.2, 0.25) is 0 Å². The lowest BCUT2D eigenvalue weighted by molar-refractivity contribution is -0.113. The highest BCUT2D eigenvalue weighted by molar-refractivity contribution is 6.30. The average Bonchev–Trinajstić information content (AvgIpc) is 2.62. The fraction of sp³-hybridized carbons (Fsp3) is 0.190. The van der Waals surface area contributed by atoms with Crippen LogP contribution in [0, 0.1) is 17.2 Å². The number of hydrogen-bond donors (Lipinski definition) is 1. The van der Waals surface area contributed by atoms with E-state index in [0.29, 0.717) is 27.7 Å². The number of hydrogen-bond acceptors (Lipinski definition) is 3. The molecule has 0 spiro atoms. The molecule has 130 valence electrons. The molecule has 2 aromatic carbocycles. The lowest BCUT2D eigenvalue weighted by Crippen LogP contribution is -2.31. The third kappa shape index (κ3) is 3.54. The van der Waals surface area contributed by atoms with Crippen LogP contribution in [-0.2, 0) is 4.79 Å². The SMILES string of the molecule is CC1=NC(C)=C(C(=O)Nc2ccccc2)[C@@H](c2ccc(Cl)cc2)C1C#N. The Kier molecular flexibility index (Phi) is 5.20. The molecule has 1 amide bonds. The number of rotatable bonds is 3. The third-order valence-electron chi connectivity index (χ3n) is 4.47. The van der Waals surface area contributed by atoms with Crippen LogP contribution >= 0.6 is 11.6 Å². The second-order valence-corrected chi connectivity index (χ2v) is 6.64. The summed E-state index contributed by atoms with van der Waals surface area (Å²) in [7, 11) is 0. The number of carbonyl (C=O) groups excluding carboxylic acids is 1. The van der Waals surface area contributed by atoms with Crippen molar-refractivity contribution in [3.63, 3.8) is 0 Å². The summed E-state index contributed by atoms with van der Waals surface area (Å²) in [6.07, 6.45) is 0. The molecule has 3 rings (SSSR count). The predicted octanol–water partition coefficient (Wildman–Crippen LogP) is 4.95. The maximum Gasteiger partial charge on any atom is 0.254 e. The molecular formula is C21H18ClN3O. The molecule has 0 saturated heterocycles. The van der Waals surface area contributed by atoms with Crippen LogP contribution < -0.4 is 5.32 Å². The van der Waals surface area contributed by atoms with Crippen molar-refractivity contribution in [3.8, 4) is 6.07 Å². The van der Waals surface area contributed by atoms with E-state index < -0.39 is 11.8 Å². The number of carbonyl (C=O) groups is 1. The number of anilines is 1. The summed E-state index contributed by atoms with van der Waals surface area (Å²) in [6.45, 7) is 3.63. The van der Waals surface area contributed by atoms with Crippen LogP contribution in [0.15, 0.2) is 70.9 Å². The second-order valence-electron chi connectivity index (χ2n) is 6.21. The van der Waals surface area contributed by atoms with Crippen molar-refractivity contribution >= 4 is 28.9 Å². The maximum absolute atomic E-state index is 13.0. The number of nitrogens with one attached hydrogen (secondary N) is 1. The molecule has 1 aliphatic rings. The van der Waals surface area contributed by atoms with Gasteiger partial charge in [0.1, 0.15) is 0 Å². The van der Waals surface area contributed by atoms with Crippen molar-refractivity contribution in [2.75, 3.05) is 5.32 Å². The smallest absolute Gasteiger partial charge is 0.254 e. The summed E-state index contributed by atoms with van der Waals surface area (Å²) in [6, 6.07) is 18.8. The minimum absolute atomic E-state index is 0.245. The van der Waals surface area contributed by atoms with Gasteiger partial charge in [-0.3, -0.25) is 9.79 Å². The van der Waals surface area contributed by atoms with Crippen LogP contribution in [0.4, 0.5) is 5.69 Å². The normalized spacial score (nSPS) is 19.5. The van der Waals surface area contributed by atoms with E-state index in [1.54, 1.807) is 19.1 Å². The van der Waals surface area contributed by atoms with Gasteiger partial charge in [0.15, 0.2) is 0 Å². The number of nitrogens with zero attached hydrogens (tertiary/aromatic N) is 2. The van der Waals surface area contributed by atoms with Gasteiger partial charge >= 0.3 is 0 Å². The van der Waals surface area contributed by atoms with Gasteiger partial charge in [-0.25, -0.2) is 0 Å². The van der Waals surface area contributed by atoms with E-state index in [-0.39, 0.29) is 5.91 Å². The number of nitriles is 1. The molecule has 5 heteroatoms. The Morgan fingerprint density at radius 2 is 1.77 bits per heavy atom. The van der Waals surface area contributed by atoms with Crippen LogP contribution in [0.3, 0.4) is 0 Å². The molecule has 0 bridgehead atoms. The Bertz CT molecular complexity index is 924. The van der Waals surface area contributed by atoms with Crippen molar-refractivity contribution in [1.29, 1.82) is 5.26 Å². The zero-order chi connectivity index (χ0) is 18.7. The summed E-state index contributed by atoms with van der Waals surface area (Å²) in [4.78, 5) is 17.5. The molecule has 4 nitrogen and oxygen atoms in total. The standard InChI is InChI=1S/C21H18ClN3O/c1-13-18(12-23)20(15-8-10-16(22)11-9-15)19(14(2)24-13)21(26)25-17-6-4-3-5-7-17/h3-11,18,20H,1-2H3,(H,25,26)/t18?,20-/m0/s1. The Hall–Kier alpha value is -2.90. The molecule has 0 radical (unpaired) electrons. The molecule has 2 aromatic rings. The van der Waals surface area contributed by atoms with E-state index in [1.165, 1.54) is 0 Å². The molecule has 1 heterocycles. The van der Waals surface area contributed by atoms with E-state index in [1.807, 2.05) is 49.4 Å². The van der Waals surface area contributed by atoms with Gasteiger partial charge < -0.3 is 5.32 Å². The summed E-state index contributed by atoms with van der Waals surface area (Å²) < 4.78 is 0. The molecule has 1 unspecified atom stereocenters. The zero-order valence-electron chi connectivity index (χ0n) is 14.5. The number of amides is 1.